The van der Waals surface area contributed by atoms with Gasteiger partial charge in [0.15, 0.2) is 21.5 Å². The normalized spacial score (nSPS) is 13.7. The highest BCUT2D eigenvalue weighted by molar-refractivity contribution is 7.90. The van der Waals surface area contributed by atoms with Crippen LogP contribution in [0, 0.1) is 23.3 Å². The molecule has 5 aromatic rings. The van der Waals surface area contributed by atoms with Crippen molar-refractivity contribution in [3.63, 3.8) is 0 Å². The van der Waals surface area contributed by atoms with Crippen LogP contribution in [0.25, 0.3) is 21.8 Å². The van der Waals surface area contributed by atoms with Gasteiger partial charge in [0.2, 0.25) is 5.95 Å². The smallest absolute Gasteiger partial charge is 0.227 e. The first kappa shape index (κ1) is 32.5. The van der Waals surface area contributed by atoms with Gasteiger partial charge in [-0.3, -0.25) is 0 Å². The Morgan fingerprint density at radius 2 is 1.68 bits per heavy atom. The second kappa shape index (κ2) is 13.3. The zero-order valence-corrected chi connectivity index (χ0v) is 26.8. The van der Waals surface area contributed by atoms with Crippen molar-refractivity contribution in [2.75, 3.05) is 36.5 Å². The number of anilines is 3. The van der Waals surface area contributed by atoms with Gasteiger partial charge in [-0.2, -0.15) is 0 Å². The molecule has 0 radical (unpaired) electrons. The van der Waals surface area contributed by atoms with E-state index in [1.807, 2.05) is 13.8 Å². The predicted octanol–water partition coefficient (Wildman–Crippen LogP) is 6.90. The molecule has 0 amide bonds. The number of pyridine rings is 1. The molecule has 244 valence electrons. The molecule has 0 bridgehead atoms. The summed E-state index contributed by atoms with van der Waals surface area (Å²) in [5.74, 6) is -4.60. The van der Waals surface area contributed by atoms with Crippen LogP contribution in [-0.4, -0.2) is 54.7 Å². The first-order valence-corrected chi connectivity index (χ1v) is 17.0. The molecular formula is C32H28F4N6O3S2. The van der Waals surface area contributed by atoms with E-state index in [4.69, 9.17) is 4.74 Å². The van der Waals surface area contributed by atoms with E-state index in [9.17, 15) is 21.6 Å². The first-order valence-electron chi connectivity index (χ1n) is 14.6. The highest BCUT2D eigenvalue weighted by atomic mass is 32.2. The van der Waals surface area contributed by atoms with Crippen LogP contribution in [-0.2, 0) is 20.3 Å². The van der Waals surface area contributed by atoms with Gasteiger partial charge in [-0.1, -0.05) is 32.0 Å². The first-order chi connectivity index (χ1) is 22.5. The average molecular weight is 685 g/mol. The summed E-state index contributed by atoms with van der Waals surface area (Å²) in [4.78, 5) is 18.9. The number of ether oxygens (including phenoxy) is 1. The fourth-order valence-electron chi connectivity index (χ4n) is 5.05. The van der Waals surface area contributed by atoms with E-state index in [1.165, 1.54) is 48.0 Å². The number of thiazole rings is 1. The Morgan fingerprint density at radius 3 is 2.38 bits per heavy atom. The number of benzene rings is 2. The van der Waals surface area contributed by atoms with Gasteiger partial charge in [0, 0.05) is 42.4 Å². The van der Waals surface area contributed by atoms with Gasteiger partial charge < -0.3 is 15.0 Å². The van der Waals surface area contributed by atoms with Crippen LogP contribution in [0.2, 0.25) is 0 Å². The molecule has 9 nitrogen and oxygen atoms in total. The molecule has 0 saturated carbocycles. The minimum Gasteiger partial charge on any atom is -0.378 e. The van der Waals surface area contributed by atoms with Crippen molar-refractivity contribution in [3.05, 3.63) is 94.8 Å². The number of aromatic nitrogens is 4. The van der Waals surface area contributed by atoms with Gasteiger partial charge in [0.1, 0.15) is 22.3 Å². The van der Waals surface area contributed by atoms with Crippen molar-refractivity contribution in [1.82, 2.24) is 19.9 Å². The SMILES string of the molecule is CC(C)c1nc(-c2cccc(CS(=O)(=O)c3c(F)cccc3F)c2F)c(-c2ccnc(Nc3cnc(N4CCOCC4)c(F)c3)n2)s1. The third kappa shape index (κ3) is 6.82. The quantitative estimate of drug-likeness (QED) is 0.166. The molecule has 0 unspecified atom stereocenters. The largest absolute Gasteiger partial charge is 0.378 e. The Labute approximate surface area is 272 Å². The Balaban J connectivity index is 1.33. The molecule has 1 saturated heterocycles. The summed E-state index contributed by atoms with van der Waals surface area (Å²) in [5.41, 5.74) is 0.611. The minimum atomic E-state index is -4.59. The summed E-state index contributed by atoms with van der Waals surface area (Å²) in [6, 6.07) is 9.76. The molecule has 3 aromatic heterocycles. The fraction of sp³-hybridized carbons (Fsp3) is 0.250. The Morgan fingerprint density at radius 1 is 0.957 bits per heavy atom. The van der Waals surface area contributed by atoms with Crippen LogP contribution in [0.15, 0.2) is 65.8 Å². The molecular weight excluding hydrogens is 657 g/mol. The summed E-state index contributed by atoms with van der Waals surface area (Å²) in [6.07, 6.45) is 2.96. The second-order valence-electron chi connectivity index (χ2n) is 11.0. The van der Waals surface area contributed by atoms with Crippen molar-refractivity contribution >= 4 is 38.6 Å². The monoisotopic (exact) mass is 684 g/mol. The van der Waals surface area contributed by atoms with Gasteiger partial charge in [-0.15, -0.1) is 11.3 Å². The van der Waals surface area contributed by atoms with Gasteiger partial charge >= 0.3 is 0 Å². The standard InChI is InChI=1S/C32H28F4N6O3S2/c1-18(2)31-41-27(21-6-3-5-19(26(21)36)17-47(43,44)29-22(33)7-4-8-23(29)34)28(46-31)25-9-10-37-32(40-25)39-20-15-24(35)30(38-16-20)42-11-13-45-14-12-42/h3-10,15-16,18H,11-14,17H2,1-2H3,(H,37,39,40). The second-order valence-corrected chi connectivity index (χ2v) is 13.9. The lowest BCUT2D eigenvalue weighted by Crippen LogP contribution is -2.37. The third-order valence-electron chi connectivity index (χ3n) is 7.32. The Hall–Kier alpha value is -4.47. The summed E-state index contributed by atoms with van der Waals surface area (Å²) in [6.45, 7) is 5.87. The van der Waals surface area contributed by atoms with E-state index < -0.39 is 43.8 Å². The van der Waals surface area contributed by atoms with Crippen LogP contribution >= 0.6 is 11.3 Å². The fourth-order valence-corrected chi connectivity index (χ4v) is 7.61. The summed E-state index contributed by atoms with van der Waals surface area (Å²) >= 11 is 1.28. The van der Waals surface area contributed by atoms with Crippen molar-refractivity contribution in [3.8, 4) is 21.8 Å². The lowest BCUT2D eigenvalue weighted by Gasteiger charge is -2.28. The minimum absolute atomic E-state index is 0.0112. The van der Waals surface area contributed by atoms with Crippen LogP contribution in [0.4, 0.5) is 35.0 Å². The zero-order valence-electron chi connectivity index (χ0n) is 25.2. The number of hydrogen-bond donors (Lipinski definition) is 1. The number of hydrogen-bond acceptors (Lipinski definition) is 10. The van der Waals surface area contributed by atoms with E-state index in [0.717, 1.165) is 18.2 Å². The molecule has 1 aliphatic rings. The molecule has 2 aromatic carbocycles. The molecule has 0 spiro atoms. The molecule has 1 N–H and O–H groups in total. The number of morpholine rings is 1. The van der Waals surface area contributed by atoms with Crippen molar-refractivity contribution in [2.24, 2.45) is 0 Å². The van der Waals surface area contributed by atoms with Crippen LogP contribution in [0.1, 0.15) is 30.3 Å². The topological polar surface area (TPSA) is 110 Å². The van der Waals surface area contributed by atoms with E-state index in [2.05, 4.69) is 25.3 Å². The van der Waals surface area contributed by atoms with E-state index in [0.29, 0.717) is 47.6 Å². The lowest BCUT2D eigenvalue weighted by molar-refractivity contribution is 0.122. The maximum atomic E-state index is 16.1. The summed E-state index contributed by atoms with van der Waals surface area (Å²) < 4.78 is 91.1. The van der Waals surface area contributed by atoms with Gasteiger partial charge in [0.05, 0.1) is 52.1 Å². The molecule has 1 aliphatic heterocycles. The maximum Gasteiger partial charge on any atom is 0.227 e. The zero-order chi connectivity index (χ0) is 33.3. The van der Waals surface area contributed by atoms with Crippen molar-refractivity contribution in [1.29, 1.82) is 0 Å². The number of halogens is 4. The Kier molecular flexibility index (Phi) is 9.21. The highest BCUT2D eigenvalue weighted by Crippen LogP contribution is 2.40. The van der Waals surface area contributed by atoms with Crippen LogP contribution in [0.3, 0.4) is 0 Å². The maximum absolute atomic E-state index is 16.1. The van der Waals surface area contributed by atoms with E-state index >= 15 is 4.39 Å². The van der Waals surface area contributed by atoms with Gasteiger partial charge in [0.25, 0.3) is 0 Å². The van der Waals surface area contributed by atoms with Crippen LogP contribution in [0.5, 0.6) is 0 Å². The van der Waals surface area contributed by atoms with Crippen LogP contribution < -0.4 is 10.2 Å². The summed E-state index contributed by atoms with van der Waals surface area (Å²) in [7, 11) is -4.59. The van der Waals surface area contributed by atoms with Crippen molar-refractivity contribution in [2.45, 2.75) is 30.4 Å². The van der Waals surface area contributed by atoms with Gasteiger partial charge in [-0.05, 0) is 24.3 Å². The number of nitrogens with zero attached hydrogens (tertiary/aromatic N) is 5. The van der Waals surface area contributed by atoms with Crippen molar-refractivity contribution < 1.29 is 30.7 Å². The molecule has 15 heteroatoms. The number of nitrogens with one attached hydrogen (secondary N) is 1. The molecule has 0 atom stereocenters. The molecule has 4 heterocycles. The molecule has 6 rings (SSSR count). The summed E-state index contributed by atoms with van der Waals surface area (Å²) in [5, 5.41) is 3.62. The molecule has 47 heavy (non-hydrogen) atoms. The van der Waals surface area contributed by atoms with E-state index in [-0.39, 0.29) is 34.5 Å². The predicted molar refractivity (Wildman–Crippen MR) is 170 cm³/mol. The lowest BCUT2D eigenvalue weighted by atomic mass is 10.1. The molecule has 0 aliphatic carbocycles. The van der Waals surface area contributed by atoms with Gasteiger partial charge in [-0.25, -0.2) is 45.9 Å². The molecule has 1 fully saturated rings. The third-order valence-corrected chi connectivity index (χ3v) is 10.4. The van der Waals surface area contributed by atoms with E-state index in [1.54, 1.807) is 11.0 Å². The number of sulfone groups is 1. The average Bonchev–Trinajstić information content (AvgIpc) is 3.48. The Bertz CT molecular complexity index is 2030. The highest BCUT2D eigenvalue weighted by Gasteiger charge is 2.28. The number of rotatable bonds is 9.